The molecule has 7 heteroatoms. The minimum Gasteiger partial charge on any atom is -0.454 e. The molecule has 0 atom stereocenters. The molecular formula is C14H13BrClN3O2. The second-order valence-corrected chi connectivity index (χ2v) is 5.65. The van der Waals surface area contributed by atoms with Gasteiger partial charge in [0.15, 0.2) is 17.3 Å². The predicted octanol–water partition coefficient (Wildman–Crippen LogP) is 3.89. The van der Waals surface area contributed by atoms with Crippen LogP contribution >= 0.6 is 27.5 Å². The minimum atomic E-state index is 0.182. The molecule has 1 N–H and O–H groups in total. The third-order valence-corrected chi connectivity index (χ3v) is 4.29. The van der Waals surface area contributed by atoms with Crippen molar-refractivity contribution in [3.05, 3.63) is 27.3 Å². The number of anilines is 1. The Bertz CT molecular complexity index is 684. The number of hydrogen-bond acceptors (Lipinski definition) is 5. The zero-order valence-electron chi connectivity index (χ0n) is 11.5. The Morgan fingerprint density at radius 2 is 2.14 bits per heavy atom. The Morgan fingerprint density at radius 3 is 2.86 bits per heavy atom. The molecule has 0 fully saturated rings. The average Bonchev–Trinajstić information content (AvgIpc) is 2.96. The van der Waals surface area contributed by atoms with E-state index in [4.69, 9.17) is 21.1 Å². The molecule has 2 aromatic rings. The van der Waals surface area contributed by atoms with Crippen molar-refractivity contribution in [2.75, 3.05) is 19.2 Å². The first-order chi connectivity index (χ1) is 10.1. The summed E-state index contributed by atoms with van der Waals surface area (Å²) < 4.78 is 11.6. The van der Waals surface area contributed by atoms with Gasteiger partial charge in [-0.25, -0.2) is 9.97 Å². The van der Waals surface area contributed by atoms with Crippen LogP contribution in [0.3, 0.4) is 0 Å². The molecule has 1 aliphatic heterocycles. The summed E-state index contributed by atoms with van der Waals surface area (Å²) in [5.41, 5.74) is 1.72. The summed E-state index contributed by atoms with van der Waals surface area (Å²) in [6.07, 6.45) is 0.795. The van der Waals surface area contributed by atoms with Crippen LogP contribution in [0.15, 0.2) is 16.6 Å². The van der Waals surface area contributed by atoms with Gasteiger partial charge in [0, 0.05) is 12.6 Å². The van der Waals surface area contributed by atoms with Gasteiger partial charge in [-0.15, -0.1) is 0 Å². The summed E-state index contributed by atoms with van der Waals surface area (Å²) in [5.74, 6) is 2.53. The number of nitrogens with zero attached hydrogens (tertiary/aromatic N) is 2. The third-order valence-electron chi connectivity index (χ3n) is 3.18. The lowest BCUT2D eigenvalue weighted by Gasteiger charge is -2.11. The lowest BCUT2D eigenvalue weighted by atomic mass is 10.1. The van der Waals surface area contributed by atoms with Crippen molar-refractivity contribution in [2.24, 2.45) is 0 Å². The van der Waals surface area contributed by atoms with Crippen LogP contribution in [-0.2, 0) is 6.42 Å². The fourth-order valence-electron chi connectivity index (χ4n) is 2.12. The number of fused-ring (bicyclic) bond motifs is 1. The highest BCUT2D eigenvalue weighted by Gasteiger charge is 2.20. The summed E-state index contributed by atoms with van der Waals surface area (Å²) in [6.45, 7) is 2.23. The summed E-state index contributed by atoms with van der Waals surface area (Å²) in [5, 5.41) is 3.56. The van der Waals surface area contributed by atoms with E-state index in [0.717, 1.165) is 28.0 Å². The molecule has 1 aromatic heterocycles. The van der Waals surface area contributed by atoms with Crippen molar-refractivity contribution < 1.29 is 9.47 Å². The maximum absolute atomic E-state index is 6.22. The van der Waals surface area contributed by atoms with Crippen molar-refractivity contribution >= 4 is 33.3 Å². The van der Waals surface area contributed by atoms with Gasteiger partial charge in [0.25, 0.3) is 0 Å². The van der Waals surface area contributed by atoms with Crippen LogP contribution in [-0.4, -0.2) is 23.8 Å². The first-order valence-electron chi connectivity index (χ1n) is 6.47. The lowest BCUT2D eigenvalue weighted by Crippen LogP contribution is -2.02. The van der Waals surface area contributed by atoms with Crippen LogP contribution < -0.4 is 14.8 Å². The Hall–Kier alpha value is -1.53. The molecule has 0 bridgehead atoms. The van der Waals surface area contributed by atoms with E-state index < -0.39 is 0 Å². The molecule has 0 radical (unpaired) electrons. The van der Waals surface area contributed by atoms with E-state index >= 15 is 0 Å². The van der Waals surface area contributed by atoms with Crippen LogP contribution in [0.2, 0.25) is 5.02 Å². The lowest BCUT2D eigenvalue weighted by molar-refractivity contribution is 0.174. The summed E-state index contributed by atoms with van der Waals surface area (Å²) in [6, 6.07) is 3.63. The van der Waals surface area contributed by atoms with Crippen molar-refractivity contribution in [1.82, 2.24) is 9.97 Å². The number of rotatable bonds is 3. The average molecular weight is 371 g/mol. The molecule has 1 aromatic carbocycles. The van der Waals surface area contributed by atoms with Crippen LogP contribution in [0.25, 0.3) is 11.4 Å². The molecule has 5 nitrogen and oxygen atoms in total. The fourth-order valence-corrected chi connectivity index (χ4v) is 3.04. The van der Waals surface area contributed by atoms with Gasteiger partial charge in [0.2, 0.25) is 6.79 Å². The van der Waals surface area contributed by atoms with E-state index in [1.807, 2.05) is 20.0 Å². The normalized spacial score (nSPS) is 12.6. The Labute approximate surface area is 135 Å². The first kappa shape index (κ1) is 14.4. The van der Waals surface area contributed by atoms with E-state index in [2.05, 4.69) is 31.2 Å². The summed E-state index contributed by atoms with van der Waals surface area (Å²) in [4.78, 5) is 9.10. The quantitative estimate of drug-likeness (QED) is 0.888. The molecule has 0 spiro atoms. The van der Waals surface area contributed by atoms with Crippen LogP contribution in [0.1, 0.15) is 12.6 Å². The number of aryl methyl sites for hydroxylation is 1. The number of ether oxygens (including phenoxy) is 2. The number of benzene rings is 1. The SMILES string of the molecule is CCc1nc(-c2cc(Cl)c3c(c2)OCO3)nc(NC)c1Br. The van der Waals surface area contributed by atoms with E-state index in [9.17, 15) is 0 Å². The maximum atomic E-state index is 6.22. The van der Waals surface area contributed by atoms with Crippen LogP contribution in [0.4, 0.5) is 5.82 Å². The smallest absolute Gasteiger partial charge is 0.231 e. The number of nitrogens with one attached hydrogen (secondary N) is 1. The second kappa shape index (κ2) is 5.69. The Morgan fingerprint density at radius 1 is 1.33 bits per heavy atom. The van der Waals surface area contributed by atoms with E-state index in [-0.39, 0.29) is 6.79 Å². The molecule has 0 unspecified atom stereocenters. The van der Waals surface area contributed by atoms with Gasteiger partial charge in [-0.2, -0.15) is 0 Å². The standard InChI is InChI=1S/C14H13BrClN3O2/c1-3-9-11(15)14(17-2)19-13(18-9)7-4-8(16)12-10(5-7)20-6-21-12/h4-5H,3,6H2,1-2H3,(H,17,18,19). The molecule has 21 heavy (non-hydrogen) atoms. The largest absolute Gasteiger partial charge is 0.454 e. The zero-order chi connectivity index (χ0) is 15.0. The van der Waals surface area contributed by atoms with Crippen molar-refractivity contribution in [1.29, 1.82) is 0 Å². The highest BCUT2D eigenvalue weighted by Crippen LogP contribution is 2.42. The van der Waals surface area contributed by atoms with Gasteiger partial charge in [-0.3, -0.25) is 0 Å². The van der Waals surface area contributed by atoms with E-state index in [1.54, 1.807) is 6.07 Å². The van der Waals surface area contributed by atoms with Crippen LogP contribution in [0, 0.1) is 0 Å². The highest BCUT2D eigenvalue weighted by atomic mass is 79.9. The summed E-state index contributed by atoms with van der Waals surface area (Å²) in [7, 11) is 1.82. The molecule has 110 valence electrons. The predicted molar refractivity (Wildman–Crippen MR) is 85.2 cm³/mol. The second-order valence-electron chi connectivity index (χ2n) is 4.45. The minimum absolute atomic E-state index is 0.182. The van der Waals surface area contributed by atoms with Crippen molar-refractivity contribution in [2.45, 2.75) is 13.3 Å². The number of hydrogen-bond donors (Lipinski definition) is 1. The molecular weight excluding hydrogens is 358 g/mol. The van der Waals surface area contributed by atoms with Gasteiger partial charge in [0.1, 0.15) is 5.82 Å². The fraction of sp³-hybridized carbons (Fsp3) is 0.286. The van der Waals surface area contributed by atoms with Crippen molar-refractivity contribution in [3.8, 4) is 22.9 Å². The highest BCUT2D eigenvalue weighted by molar-refractivity contribution is 9.10. The number of halogens is 2. The molecule has 1 aliphatic rings. The van der Waals surface area contributed by atoms with E-state index in [1.165, 1.54) is 0 Å². The van der Waals surface area contributed by atoms with Gasteiger partial charge < -0.3 is 14.8 Å². The Kier molecular flexibility index (Phi) is 3.91. The van der Waals surface area contributed by atoms with Gasteiger partial charge in [0.05, 0.1) is 15.2 Å². The molecule has 3 rings (SSSR count). The van der Waals surface area contributed by atoms with Crippen molar-refractivity contribution in [3.63, 3.8) is 0 Å². The van der Waals surface area contributed by atoms with Gasteiger partial charge in [-0.1, -0.05) is 18.5 Å². The maximum Gasteiger partial charge on any atom is 0.231 e. The van der Waals surface area contributed by atoms with Gasteiger partial charge >= 0.3 is 0 Å². The van der Waals surface area contributed by atoms with Gasteiger partial charge in [-0.05, 0) is 34.5 Å². The zero-order valence-corrected chi connectivity index (χ0v) is 13.9. The molecule has 0 aliphatic carbocycles. The monoisotopic (exact) mass is 369 g/mol. The molecule has 0 saturated carbocycles. The molecule has 0 saturated heterocycles. The number of aromatic nitrogens is 2. The van der Waals surface area contributed by atoms with E-state index in [0.29, 0.717) is 22.3 Å². The molecule has 0 amide bonds. The third kappa shape index (κ3) is 2.53. The first-order valence-corrected chi connectivity index (χ1v) is 7.64. The summed E-state index contributed by atoms with van der Waals surface area (Å²) >= 11 is 9.73. The Balaban J connectivity index is 2.14. The molecule has 2 heterocycles. The topological polar surface area (TPSA) is 56.3 Å². The van der Waals surface area contributed by atoms with Crippen LogP contribution in [0.5, 0.6) is 11.5 Å².